The molecule has 0 aromatic carbocycles. The number of nitrogens with one attached hydrogen (secondary N) is 1. The third-order valence-corrected chi connectivity index (χ3v) is 10.0. The smallest absolute Gasteiger partial charge is 0.344 e. The van der Waals surface area contributed by atoms with Crippen LogP contribution in [0.3, 0.4) is 0 Å². The van der Waals surface area contributed by atoms with Gasteiger partial charge in [-0.25, -0.2) is 4.79 Å². The maximum atomic E-state index is 13.4. The summed E-state index contributed by atoms with van der Waals surface area (Å²) in [5.74, 6) is -1.02. The van der Waals surface area contributed by atoms with Crippen molar-refractivity contribution in [1.29, 1.82) is 0 Å². The number of allylic oxidation sites excluding steroid dienone is 12. The summed E-state index contributed by atoms with van der Waals surface area (Å²) in [6.45, 7) is 8.88. The predicted molar refractivity (Wildman–Crippen MR) is 243 cm³/mol. The van der Waals surface area contributed by atoms with E-state index in [0.29, 0.717) is 31.4 Å². The van der Waals surface area contributed by atoms with Crippen LogP contribution in [-0.2, 0) is 28.6 Å². The Morgan fingerprint density at radius 3 is 1.59 bits per heavy atom. The Balaban J connectivity index is 2.56. The van der Waals surface area contributed by atoms with Gasteiger partial charge in [0.2, 0.25) is 6.29 Å². The van der Waals surface area contributed by atoms with Crippen LogP contribution in [0.2, 0.25) is 0 Å². The number of carbonyl (C=O) groups excluding carboxylic acids is 3. The summed E-state index contributed by atoms with van der Waals surface area (Å²) in [5, 5.41) is 3.48. The van der Waals surface area contributed by atoms with E-state index in [0.717, 1.165) is 115 Å². The van der Waals surface area contributed by atoms with Crippen LogP contribution >= 0.6 is 0 Å². The average molecular weight is 806 g/mol. The molecule has 328 valence electrons. The number of hydrogen-bond donors (Lipinski definition) is 1. The van der Waals surface area contributed by atoms with Crippen LogP contribution in [0, 0.1) is 0 Å². The molecule has 1 atom stereocenters. The highest BCUT2D eigenvalue weighted by atomic mass is 16.7. The molecule has 0 heterocycles. The molecule has 0 saturated carbocycles. The summed E-state index contributed by atoms with van der Waals surface area (Å²) in [4.78, 5) is 38.7. The summed E-state index contributed by atoms with van der Waals surface area (Å²) in [6.07, 6.45) is 51.0. The van der Waals surface area contributed by atoms with E-state index in [1.807, 2.05) is 0 Å². The van der Waals surface area contributed by atoms with Crippen LogP contribution in [0.1, 0.15) is 207 Å². The first-order chi connectivity index (χ1) is 28.4. The zero-order valence-corrected chi connectivity index (χ0v) is 37.4. The fraction of sp³-hybridized carbons (Fsp3) is 0.667. The molecule has 1 N–H and O–H groups in total. The Kier molecular flexibility index (Phi) is 35.1. The number of hydrogen-bond acceptors (Lipinski definition) is 7. The van der Waals surface area contributed by atoms with Crippen molar-refractivity contribution >= 4 is 17.9 Å². The lowest BCUT2D eigenvalue weighted by molar-refractivity contribution is -0.181. The number of rotatable bonds is 37. The number of esters is 3. The topological polar surface area (TPSA) is 90.9 Å². The van der Waals surface area contributed by atoms with Crippen molar-refractivity contribution < 1.29 is 28.6 Å². The minimum Gasteiger partial charge on any atom is -0.430 e. The zero-order valence-electron chi connectivity index (χ0n) is 37.4. The normalized spacial score (nSPS) is 14.0. The highest BCUT2D eigenvalue weighted by Gasteiger charge is 2.26. The van der Waals surface area contributed by atoms with Crippen molar-refractivity contribution in [2.24, 2.45) is 0 Å². The Hall–Kier alpha value is -3.61. The van der Waals surface area contributed by atoms with E-state index in [9.17, 15) is 14.4 Å². The van der Waals surface area contributed by atoms with Gasteiger partial charge in [-0.15, -0.1) is 0 Å². The van der Waals surface area contributed by atoms with Crippen molar-refractivity contribution in [3.8, 4) is 0 Å². The minimum atomic E-state index is -1.04. The lowest BCUT2D eigenvalue weighted by Crippen LogP contribution is -2.25. The van der Waals surface area contributed by atoms with Crippen molar-refractivity contribution in [3.63, 3.8) is 0 Å². The summed E-state index contributed by atoms with van der Waals surface area (Å²) in [6, 6.07) is 0. The Labute approximate surface area is 355 Å². The second-order valence-corrected chi connectivity index (χ2v) is 15.5. The Morgan fingerprint density at radius 1 is 0.569 bits per heavy atom. The number of unbranched alkanes of at least 4 members (excludes halogenated alkanes) is 16. The molecule has 0 radical (unpaired) electrons. The standard InChI is InChI=1S/C51H83NO6/c1-5-8-11-14-16-18-20-21-22-23-24-25-26-28-30-32-35-38-43-52-46-41-42-48(58-50(54)40-37-34-31-29-27-19-17-15-12-9-6-2)47(44-46)51(55)57-45(4)56-49(53)39-36-33-13-10-7-3/h8,11,16,18,21-22,24-25,28,30,44-45,52H,5-7,9-10,12-15,17,19-20,23,26-27,29,31-43H2,1-4H3/b11-8-,18-16-,22-21-,25-24-,30-28-. The molecule has 0 saturated heterocycles. The summed E-state index contributed by atoms with van der Waals surface area (Å²) >= 11 is 0. The lowest BCUT2D eigenvalue weighted by Gasteiger charge is -2.21. The molecule has 0 bridgehead atoms. The van der Waals surface area contributed by atoms with E-state index in [1.54, 1.807) is 13.0 Å². The predicted octanol–water partition coefficient (Wildman–Crippen LogP) is 14.5. The third-order valence-electron chi connectivity index (χ3n) is 10.0. The average Bonchev–Trinajstić information content (AvgIpc) is 3.21. The van der Waals surface area contributed by atoms with Gasteiger partial charge in [-0.2, -0.15) is 0 Å². The Morgan fingerprint density at radius 2 is 1.05 bits per heavy atom. The van der Waals surface area contributed by atoms with Crippen LogP contribution < -0.4 is 5.32 Å². The van der Waals surface area contributed by atoms with E-state index in [2.05, 4.69) is 86.8 Å². The monoisotopic (exact) mass is 806 g/mol. The first-order valence-electron chi connectivity index (χ1n) is 23.4. The van der Waals surface area contributed by atoms with Gasteiger partial charge in [0.1, 0.15) is 5.76 Å². The van der Waals surface area contributed by atoms with Crippen molar-refractivity contribution in [2.45, 2.75) is 214 Å². The van der Waals surface area contributed by atoms with Crippen molar-refractivity contribution in [1.82, 2.24) is 5.32 Å². The molecule has 0 aliphatic heterocycles. The molecule has 0 aromatic heterocycles. The molecular weight excluding hydrogens is 723 g/mol. The second kappa shape index (κ2) is 38.9. The first-order valence-corrected chi connectivity index (χ1v) is 23.4. The third kappa shape index (κ3) is 31.4. The molecule has 7 nitrogen and oxygen atoms in total. The fourth-order valence-electron chi connectivity index (χ4n) is 6.61. The molecule has 0 fully saturated rings. The molecule has 1 rings (SSSR count). The van der Waals surface area contributed by atoms with E-state index in [-0.39, 0.29) is 17.5 Å². The van der Waals surface area contributed by atoms with E-state index in [4.69, 9.17) is 14.2 Å². The maximum absolute atomic E-state index is 13.4. The van der Waals surface area contributed by atoms with Gasteiger partial charge in [-0.3, -0.25) is 9.59 Å². The van der Waals surface area contributed by atoms with Gasteiger partial charge in [0, 0.05) is 38.4 Å². The van der Waals surface area contributed by atoms with Crippen LogP contribution in [-0.4, -0.2) is 30.7 Å². The number of carbonyl (C=O) groups is 3. The molecule has 58 heavy (non-hydrogen) atoms. The maximum Gasteiger partial charge on any atom is 0.344 e. The van der Waals surface area contributed by atoms with Crippen LogP contribution in [0.5, 0.6) is 0 Å². The molecule has 1 aliphatic rings. The fourth-order valence-corrected chi connectivity index (χ4v) is 6.61. The summed E-state index contributed by atoms with van der Waals surface area (Å²) in [7, 11) is 0. The highest BCUT2D eigenvalue weighted by molar-refractivity contribution is 5.93. The quantitative estimate of drug-likeness (QED) is 0.0289. The summed E-state index contributed by atoms with van der Waals surface area (Å²) in [5.41, 5.74) is 1.12. The second-order valence-electron chi connectivity index (χ2n) is 15.5. The highest BCUT2D eigenvalue weighted by Crippen LogP contribution is 2.26. The largest absolute Gasteiger partial charge is 0.430 e. The van der Waals surface area contributed by atoms with E-state index in [1.165, 1.54) is 51.4 Å². The molecular formula is C51H83NO6. The van der Waals surface area contributed by atoms with Gasteiger partial charge >= 0.3 is 17.9 Å². The lowest BCUT2D eigenvalue weighted by atomic mass is 10.0. The van der Waals surface area contributed by atoms with Gasteiger partial charge in [0.05, 0.1) is 5.57 Å². The van der Waals surface area contributed by atoms with Crippen LogP contribution in [0.25, 0.3) is 0 Å². The molecule has 0 amide bonds. The van der Waals surface area contributed by atoms with Crippen molar-refractivity contribution in [2.75, 3.05) is 6.54 Å². The van der Waals surface area contributed by atoms with Gasteiger partial charge in [0.15, 0.2) is 0 Å². The van der Waals surface area contributed by atoms with Gasteiger partial charge in [-0.1, -0.05) is 171 Å². The zero-order chi connectivity index (χ0) is 42.2. The minimum absolute atomic E-state index is 0.210. The van der Waals surface area contributed by atoms with Gasteiger partial charge < -0.3 is 19.5 Å². The molecule has 7 heteroatoms. The molecule has 1 unspecified atom stereocenters. The van der Waals surface area contributed by atoms with Gasteiger partial charge in [-0.05, 0) is 76.7 Å². The van der Waals surface area contributed by atoms with Crippen molar-refractivity contribution in [3.05, 3.63) is 83.9 Å². The number of ether oxygens (including phenoxy) is 3. The van der Waals surface area contributed by atoms with E-state index < -0.39 is 12.3 Å². The SMILES string of the molecule is CC/C=C\C/C=C\C/C=C\C/C=C\C/C=C\CCCCNC1=CC(C(=O)OC(C)OC(=O)CCCCCCC)=C(OC(=O)CCCCCCCCCCCCC)CC1. The first kappa shape index (κ1) is 52.4. The van der Waals surface area contributed by atoms with Crippen LogP contribution in [0.4, 0.5) is 0 Å². The van der Waals surface area contributed by atoms with Crippen LogP contribution in [0.15, 0.2) is 83.9 Å². The summed E-state index contributed by atoms with van der Waals surface area (Å²) < 4.78 is 16.7. The van der Waals surface area contributed by atoms with Gasteiger partial charge in [0.25, 0.3) is 0 Å². The van der Waals surface area contributed by atoms with E-state index >= 15 is 0 Å². The molecule has 0 spiro atoms. The molecule has 1 aliphatic carbocycles. The Bertz CT molecular complexity index is 1290. The molecule has 0 aromatic rings.